The van der Waals surface area contributed by atoms with Crippen LogP contribution in [0.5, 0.6) is 0 Å². The molecule has 7 heteroatoms. The van der Waals surface area contributed by atoms with E-state index in [2.05, 4.69) is 0 Å². The van der Waals surface area contributed by atoms with E-state index in [0.29, 0.717) is 5.69 Å². The van der Waals surface area contributed by atoms with Gasteiger partial charge in [-0.05, 0) is 6.07 Å². The molecule has 0 aliphatic heterocycles. The molecule has 0 fully saturated rings. The highest BCUT2D eigenvalue weighted by Gasteiger charge is 2.15. The number of nitro benzene ring substituents is 1. The Bertz CT molecular complexity index is 486. The normalized spacial score (nSPS) is 9.83. The summed E-state index contributed by atoms with van der Waals surface area (Å²) in [6.07, 6.45) is -0.220. The minimum Gasteiger partial charge on any atom is -0.481 e. The van der Waals surface area contributed by atoms with Gasteiger partial charge < -0.3 is 10.0 Å². The van der Waals surface area contributed by atoms with Gasteiger partial charge in [0.1, 0.15) is 0 Å². The number of benzene rings is 1. The number of rotatable bonds is 5. The fourth-order valence-corrected chi connectivity index (χ4v) is 1.45. The van der Waals surface area contributed by atoms with Crippen molar-refractivity contribution in [2.75, 3.05) is 11.4 Å². The molecule has 0 heterocycles. The second-order valence-electron chi connectivity index (χ2n) is 3.59. The molecule has 0 bridgehead atoms. The van der Waals surface area contributed by atoms with Crippen LogP contribution in [0.3, 0.4) is 0 Å². The molecule has 1 rings (SSSR count). The van der Waals surface area contributed by atoms with Crippen molar-refractivity contribution >= 4 is 23.3 Å². The smallest absolute Gasteiger partial charge is 0.305 e. The number of hydrogen-bond donors (Lipinski definition) is 1. The largest absolute Gasteiger partial charge is 0.481 e. The van der Waals surface area contributed by atoms with Crippen LogP contribution in [0.25, 0.3) is 0 Å². The number of carboxylic acids is 1. The highest BCUT2D eigenvalue weighted by atomic mass is 16.6. The Morgan fingerprint density at radius 3 is 2.61 bits per heavy atom. The summed E-state index contributed by atoms with van der Waals surface area (Å²) in [6, 6.07) is 5.52. The van der Waals surface area contributed by atoms with Crippen molar-refractivity contribution in [1.29, 1.82) is 0 Å². The van der Waals surface area contributed by atoms with Gasteiger partial charge in [-0.2, -0.15) is 0 Å². The van der Waals surface area contributed by atoms with Crippen LogP contribution in [0.15, 0.2) is 24.3 Å². The summed E-state index contributed by atoms with van der Waals surface area (Å²) in [5, 5.41) is 19.2. The van der Waals surface area contributed by atoms with Crippen LogP contribution in [-0.2, 0) is 9.59 Å². The molecule has 18 heavy (non-hydrogen) atoms. The average Bonchev–Trinajstić information content (AvgIpc) is 2.28. The number of anilines is 1. The third-order valence-electron chi connectivity index (χ3n) is 2.28. The zero-order valence-corrected chi connectivity index (χ0v) is 9.70. The number of carboxylic acid groups (broad SMARTS) is 1. The molecule has 0 radical (unpaired) electrons. The van der Waals surface area contributed by atoms with Crippen molar-refractivity contribution in [3.05, 3.63) is 34.4 Å². The quantitative estimate of drug-likeness (QED) is 0.630. The first kappa shape index (κ1) is 13.6. The Morgan fingerprint density at radius 1 is 1.44 bits per heavy atom. The number of non-ortho nitro benzene ring substituents is 1. The summed E-state index contributed by atoms with van der Waals surface area (Å²) in [5.74, 6) is -1.40. The van der Waals surface area contributed by atoms with Crippen molar-refractivity contribution in [2.45, 2.75) is 13.3 Å². The lowest BCUT2D eigenvalue weighted by molar-refractivity contribution is -0.384. The summed E-state index contributed by atoms with van der Waals surface area (Å²) in [6.45, 7) is 1.26. The Labute approximate surface area is 103 Å². The molecule has 0 aromatic heterocycles. The van der Waals surface area contributed by atoms with E-state index in [1.807, 2.05) is 0 Å². The zero-order valence-electron chi connectivity index (χ0n) is 9.70. The molecule has 1 aromatic rings. The summed E-state index contributed by atoms with van der Waals surface area (Å²) in [4.78, 5) is 33.1. The number of amides is 1. The van der Waals surface area contributed by atoms with E-state index in [1.54, 1.807) is 0 Å². The predicted octanol–water partition coefficient (Wildman–Crippen LogP) is 1.42. The van der Waals surface area contributed by atoms with Gasteiger partial charge in [0.25, 0.3) is 5.69 Å². The van der Waals surface area contributed by atoms with Crippen molar-refractivity contribution in [3.8, 4) is 0 Å². The molecule has 96 valence electrons. The lowest BCUT2D eigenvalue weighted by Crippen LogP contribution is -2.30. The Morgan fingerprint density at radius 2 is 2.11 bits per heavy atom. The highest BCUT2D eigenvalue weighted by Crippen LogP contribution is 2.21. The Kier molecular flexibility index (Phi) is 4.36. The number of aliphatic carboxylic acids is 1. The van der Waals surface area contributed by atoms with Crippen molar-refractivity contribution in [2.24, 2.45) is 0 Å². The number of carbonyl (C=O) groups is 2. The molecule has 1 amide bonds. The van der Waals surface area contributed by atoms with E-state index in [0.717, 1.165) is 0 Å². The summed E-state index contributed by atoms with van der Waals surface area (Å²) in [5.41, 5.74) is 0.173. The molecule has 1 aromatic carbocycles. The van der Waals surface area contributed by atoms with Crippen LogP contribution in [0.1, 0.15) is 13.3 Å². The first-order chi connectivity index (χ1) is 8.41. The van der Waals surface area contributed by atoms with Gasteiger partial charge in [-0.3, -0.25) is 19.7 Å². The molecule has 0 saturated carbocycles. The molecule has 1 N–H and O–H groups in total. The van der Waals surface area contributed by atoms with E-state index in [-0.39, 0.29) is 24.6 Å². The molecule has 0 unspecified atom stereocenters. The third kappa shape index (κ3) is 3.55. The second-order valence-corrected chi connectivity index (χ2v) is 3.59. The topological polar surface area (TPSA) is 101 Å². The van der Waals surface area contributed by atoms with Gasteiger partial charge in [-0.1, -0.05) is 6.07 Å². The summed E-state index contributed by atoms with van der Waals surface area (Å²) in [7, 11) is 0. The Balaban J connectivity index is 2.98. The number of nitro groups is 1. The average molecular weight is 252 g/mol. The predicted molar refractivity (Wildman–Crippen MR) is 63.4 cm³/mol. The Hall–Kier alpha value is -2.44. The van der Waals surface area contributed by atoms with Crippen LogP contribution in [0, 0.1) is 10.1 Å². The molecule has 7 nitrogen and oxygen atoms in total. The number of nitrogens with zero attached hydrogens (tertiary/aromatic N) is 2. The van der Waals surface area contributed by atoms with E-state index < -0.39 is 10.9 Å². The fourth-order valence-electron chi connectivity index (χ4n) is 1.45. The van der Waals surface area contributed by atoms with E-state index in [4.69, 9.17) is 5.11 Å². The van der Waals surface area contributed by atoms with Crippen LogP contribution >= 0.6 is 0 Å². The maximum absolute atomic E-state index is 11.4. The van der Waals surface area contributed by atoms with Crippen LogP contribution in [-0.4, -0.2) is 28.5 Å². The van der Waals surface area contributed by atoms with E-state index in [9.17, 15) is 19.7 Å². The first-order valence-electron chi connectivity index (χ1n) is 5.16. The van der Waals surface area contributed by atoms with E-state index >= 15 is 0 Å². The lowest BCUT2D eigenvalue weighted by atomic mass is 10.2. The maximum atomic E-state index is 11.4. The monoisotopic (exact) mass is 252 g/mol. The molecule has 0 atom stereocenters. The summed E-state index contributed by atoms with van der Waals surface area (Å²) < 4.78 is 0. The van der Waals surface area contributed by atoms with Crippen LogP contribution in [0.2, 0.25) is 0 Å². The minimum absolute atomic E-state index is 0.0220. The van der Waals surface area contributed by atoms with Gasteiger partial charge in [0, 0.05) is 25.6 Å². The van der Waals surface area contributed by atoms with Gasteiger partial charge in [-0.15, -0.1) is 0 Å². The van der Waals surface area contributed by atoms with Gasteiger partial charge in [-0.25, -0.2) is 0 Å². The second kappa shape index (κ2) is 5.76. The van der Waals surface area contributed by atoms with Crippen LogP contribution in [0.4, 0.5) is 11.4 Å². The first-order valence-corrected chi connectivity index (χ1v) is 5.16. The van der Waals surface area contributed by atoms with Crippen LogP contribution < -0.4 is 4.90 Å². The molecule has 0 aliphatic rings. The maximum Gasteiger partial charge on any atom is 0.305 e. The van der Waals surface area contributed by atoms with E-state index in [1.165, 1.54) is 36.1 Å². The standard InChI is InChI=1S/C11H12N2O5/c1-8(14)12(6-5-11(15)16)9-3-2-4-10(7-9)13(17)18/h2-4,7H,5-6H2,1H3,(H,15,16). The molecule has 0 spiro atoms. The number of carbonyl (C=O) groups excluding carboxylic acids is 1. The van der Waals surface area contributed by atoms with Crippen molar-refractivity contribution in [1.82, 2.24) is 0 Å². The summed E-state index contributed by atoms with van der Waals surface area (Å²) >= 11 is 0. The van der Waals surface area contributed by atoms with Crippen molar-refractivity contribution < 1.29 is 19.6 Å². The molecular weight excluding hydrogens is 240 g/mol. The van der Waals surface area contributed by atoms with Gasteiger partial charge in [0.2, 0.25) is 5.91 Å². The van der Waals surface area contributed by atoms with Gasteiger partial charge in [0.15, 0.2) is 0 Å². The zero-order chi connectivity index (χ0) is 13.7. The third-order valence-corrected chi connectivity index (χ3v) is 2.28. The minimum atomic E-state index is -1.04. The van der Waals surface area contributed by atoms with Gasteiger partial charge >= 0.3 is 5.97 Å². The van der Waals surface area contributed by atoms with Gasteiger partial charge in [0.05, 0.1) is 17.0 Å². The molecule has 0 aliphatic carbocycles. The lowest BCUT2D eigenvalue weighted by Gasteiger charge is -2.19. The molecular formula is C11H12N2O5. The van der Waals surface area contributed by atoms with Crippen molar-refractivity contribution in [3.63, 3.8) is 0 Å². The highest BCUT2D eigenvalue weighted by molar-refractivity contribution is 5.92. The SMILES string of the molecule is CC(=O)N(CCC(=O)O)c1cccc([N+](=O)[O-])c1. The fraction of sp³-hybridized carbons (Fsp3) is 0.273. The number of hydrogen-bond acceptors (Lipinski definition) is 4. The molecule has 0 saturated heterocycles.